The zero-order chi connectivity index (χ0) is 22.9. The first kappa shape index (κ1) is 22.8. The molecule has 4 amide bonds. The highest BCUT2D eigenvalue weighted by Gasteiger charge is 2.37. The Morgan fingerprint density at radius 3 is 2.39 bits per heavy atom. The lowest BCUT2D eigenvalue weighted by atomic mass is 10.0. The fourth-order valence-electron chi connectivity index (χ4n) is 3.10. The lowest BCUT2D eigenvalue weighted by Crippen LogP contribution is -2.54. The van der Waals surface area contributed by atoms with Crippen LogP contribution in [0.3, 0.4) is 0 Å². The number of aryl methyl sites for hydroxylation is 2. The molecule has 1 saturated heterocycles. The molecule has 7 nitrogen and oxygen atoms in total. The third kappa shape index (κ3) is 4.73. The van der Waals surface area contributed by atoms with Gasteiger partial charge >= 0.3 is 6.03 Å². The van der Waals surface area contributed by atoms with Crippen LogP contribution in [0, 0.1) is 17.4 Å². The van der Waals surface area contributed by atoms with Gasteiger partial charge in [-0.1, -0.05) is 6.07 Å². The lowest BCUT2D eigenvalue weighted by molar-refractivity contribution is -0.122. The van der Waals surface area contributed by atoms with Gasteiger partial charge in [-0.25, -0.2) is 9.69 Å². The number of amides is 4. The Hall–Kier alpha value is -2.88. The van der Waals surface area contributed by atoms with Crippen molar-refractivity contribution in [1.29, 1.82) is 0 Å². The van der Waals surface area contributed by atoms with Crippen molar-refractivity contribution < 1.29 is 23.9 Å². The number of hydrogen-bond donors (Lipinski definition) is 1. The van der Waals surface area contributed by atoms with Crippen molar-refractivity contribution in [1.82, 2.24) is 5.32 Å². The maximum absolute atomic E-state index is 13.1. The molecule has 0 unspecified atom stereocenters. The number of nitrogens with zero attached hydrogens (tertiary/aromatic N) is 1. The van der Waals surface area contributed by atoms with Gasteiger partial charge in [0.15, 0.2) is 11.5 Å². The van der Waals surface area contributed by atoms with Gasteiger partial charge < -0.3 is 9.47 Å². The number of methoxy groups -OCH3 is 1. The molecule has 2 aromatic carbocycles. The predicted octanol–water partition coefficient (Wildman–Crippen LogP) is 4.37. The van der Waals surface area contributed by atoms with E-state index < -0.39 is 17.8 Å². The number of ether oxygens (including phenoxy) is 2. The molecule has 0 bridgehead atoms. The van der Waals surface area contributed by atoms with E-state index in [2.05, 4.69) is 27.9 Å². The molecule has 8 heteroatoms. The van der Waals surface area contributed by atoms with E-state index in [-0.39, 0.29) is 11.7 Å². The SMILES string of the molecule is COc1cc(/C=C2\C(=O)NC(=O)N(c3ccc(C)c(C)c3)C2=O)cc(I)c1OC(C)C. The van der Waals surface area contributed by atoms with Crippen LogP contribution in [0.1, 0.15) is 30.5 Å². The van der Waals surface area contributed by atoms with Crippen LogP contribution in [0.15, 0.2) is 35.9 Å². The van der Waals surface area contributed by atoms with Crippen molar-refractivity contribution in [3.8, 4) is 11.5 Å². The first-order chi connectivity index (χ1) is 14.6. The summed E-state index contributed by atoms with van der Waals surface area (Å²) in [5, 5.41) is 2.24. The minimum atomic E-state index is -0.775. The summed E-state index contributed by atoms with van der Waals surface area (Å²) in [6.07, 6.45) is 1.40. The summed E-state index contributed by atoms with van der Waals surface area (Å²) in [4.78, 5) is 39.0. The Morgan fingerprint density at radius 2 is 1.77 bits per heavy atom. The molecule has 0 spiro atoms. The smallest absolute Gasteiger partial charge is 0.335 e. The lowest BCUT2D eigenvalue weighted by Gasteiger charge is -2.27. The van der Waals surface area contributed by atoms with E-state index in [0.717, 1.165) is 19.6 Å². The van der Waals surface area contributed by atoms with Crippen LogP contribution in [0.25, 0.3) is 6.08 Å². The summed E-state index contributed by atoms with van der Waals surface area (Å²) in [5.41, 5.74) is 2.79. The van der Waals surface area contributed by atoms with Crippen molar-refractivity contribution >= 4 is 52.2 Å². The van der Waals surface area contributed by atoms with Crippen LogP contribution in [0.4, 0.5) is 10.5 Å². The van der Waals surface area contributed by atoms with Gasteiger partial charge in [-0.3, -0.25) is 14.9 Å². The Morgan fingerprint density at radius 1 is 1.06 bits per heavy atom. The number of rotatable bonds is 5. The van der Waals surface area contributed by atoms with Crippen molar-refractivity contribution in [2.24, 2.45) is 0 Å². The summed E-state index contributed by atoms with van der Waals surface area (Å²) in [7, 11) is 1.52. The molecule has 1 heterocycles. The average Bonchev–Trinajstić information content (AvgIpc) is 2.69. The standard InChI is InChI=1S/C23H23IN2O5/c1-12(2)31-20-18(24)10-15(11-19(20)30-5)9-17-21(27)25-23(29)26(22(17)28)16-7-6-13(3)14(4)8-16/h6-12H,1-5H3,(H,25,27,29)/b17-9+. The van der Waals surface area contributed by atoms with Gasteiger partial charge in [0.25, 0.3) is 11.8 Å². The van der Waals surface area contributed by atoms with Crippen LogP contribution >= 0.6 is 22.6 Å². The largest absolute Gasteiger partial charge is 0.493 e. The van der Waals surface area contributed by atoms with E-state index in [0.29, 0.717) is 22.7 Å². The summed E-state index contributed by atoms with van der Waals surface area (Å²) in [5.74, 6) is -0.357. The van der Waals surface area contributed by atoms with Crippen molar-refractivity contribution in [2.75, 3.05) is 12.0 Å². The molecular weight excluding hydrogens is 511 g/mol. The summed E-state index contributed by atoms with van der Waals surface area (Å²) >= 11 is 2.11. The van der Waals surface area contributed by atoms with Crippen LogP contribution in [-0.2, 0) is 9.59 Å². The number of imide groups is 2. The Labute approximate surface area is 194 Å². The Bertz CT molecular complexity index is 1110. The summed E-state index contributed by atoms with van der Waals surface area (Å²) < 4.78 is 12.0. The molecule has 1 N–H and O–H groups in total. The van der Waals surface area contributed by atoms with E-state index in [1.807, 2.05) is 33.8 Å². The highest BCUT2D eigenvalue weighted by atomic mass is 127. The van der Waals surface area contributed by atoms with Crippen LogP contribution in [-0.4, -0.2) is 31.1 Å². The second kappa shape index (κ2) is 9.09. The first-order valence-electron chi connectivity index (χ1n) is 9.65. The van der Waals surface area contributed by atoms with Gasteiger partial charge in [0, 0.05) is 0 Å². The van der Waals surface area contributed by atoms with Gasteiger partial charge in [0.2, 0.25) is 0 Å². The number of halogens is 1. The van der Waals surface area contributed by atoms with E-state index in [9.17, 15) is 14.4 Å². The number of benzene rings is 2. The second-order valence-electron chi connectivity index (χ2n) is 7.43. The van der Waals surface area contributed by atoms with Gasteiger partial charge in [-0.2, -0.15) is 0 Å². The van der Waals surface area contributed by atoms with Gasteiger partial charge in [-0.15, -0.1) is 0 Å². The van der Waals surface area contributed by atoms with E-state index in [4.69, 9.17) is 9.47 Å². The highest BCUT2D eigenvalue weighted by molar-refractivity contribution is 14.1. The number of barbiturate groups is 1. The molecule has 162 valence electrons. The van der Waals surface area contributed by atoms with Crippen molar-refractivity contribution in [3.05, 3.63) is 56.2 Å². The molecule has 1 aliphatic heterocycles. The molecular formula is C23H23IN2O5. The summed E-state index contributed by atoms with van der Waals surface area (Å²) in [6, 6.07) is 7.94. The molecule has 0 radical (unpaired) electrons. The number of anilines is 1. The molecule has 2 aromatic rings. The zero-order valence-electron chi connectivity index (χ0n) is 17.9. The predicted molar refractivity (Wildman–Crippen MR) is 126 cm³/mol. The highest BCUT2D eigenvalue weighted by Crippen LogP contribution is 2.35. The quantitative estimate of drug-likeness (QED) is 0.350. The average molecular weight is 534 g/mol. The molecule has 0 aromatic heterocycles. The third-order valence-corrected chi connectivity index (χ3v) is 5.57. The van der Waals surface area contributed by atoms with Crippen LogP contribution in [0.2, 0.25) is 0 Å². The number of nitrogens with one attached hydrogen (secondary N) is 1. The molecule has 31 heavy (non-hydrogen) atoms. The Balaban J connectivity index is 2.03. The van der Waals surface area contributed by atoms with Crippen LogP contribution < -0.4 is 19.7 Å². The zero-order valence-corrected chi connectivity index (χ0v) is 20.1. The maximum atomic E-state index is 13.1. The molecule has 3 rings (SSSR count). The number of carbonyl (C=O) groups is 3. The van der Waals surface area contributed by atoms with Crippen molar-refractivity contribution in [3.63, 3.8) is 0 Å². The van der Waals surface area contributed by atoms with E-state index in [1.165, 1.54) is 13.2 Å². The van der Waals surface area contributed by atoms with Gasteiger partial charge in [0.1, 0.15) is 5.57 Å². The Kier molecular flexibility index (Phi) is 6.68. The fourth-order valence-corrected chi connectivity index (χ4v) is 3.85. The number of urea groups is 1. The maximum Gasteiger partial charge on any atom is 0.335 e. The number of hydrogen-bond acceptors (Lipinski definition) is 5. The number of carbonyl (C=O) groups excluding carboxylic acids is 3. The molecule has 0 aliphatic carbocycles. The summed E-state index contributed by atoms with van der Waals surface area (Å²) in [6.45, 7) is 7.65. The first-order valence-corrected chi connectivity index (χ1v) is 10.7. The monoisotopic (exact) mass is 534 g/mol. The van der Waals surface area contributed by atoms with Gasteiger partial charge in [0.05, 0.1) is 22.5 Å². The topological polar surface area (TPSA) is 84.9 Å². The third-order valence-electron chi connectivity index (χ3n) is 4.77. The minimum Gasteiger partial charge on any atom is -0.493 e. The van der Waals surface area contributed by atoms with E-state index in [1.54, 1.807) is 24.3 Å². The normalized spacial score (nSPS) is 15.5. The van der Waals surface area contributed by atoms with Gasteiger partial charge in [-0.05, 0) is 97.3 Å². The molecule has 1 fully saturated rings. The second-order valence-corrected chi connectivity index (χ2v) is 8.59. The minimum absolute atomic E-state index is 0.0464. The molecule has 0 saturated carbocycles. The van der Waals surface area contributed by atoms with E-state index >= 15 is 0 Å². The molecule has 0 atom stereocenters. The van der Waals surface area contributed by atoms with Crippen molar-refractivity contribution in [2.45, 2.75) is 33.8 Å². The fraction of sp³-hybridized carbons (Fsp3) is 0.261. The van der Waals surface area contributed by atoms with Crippen LogP contribution in [0.5, 0.6) is 11.5 Å². The molecule has 1 aliphatic rings.